The van der Waals surface area contributed by atoms with E-state index in [1.807, 2.05) is 30.3 Å². The molecule has 2 aromatic carbocycles. The summed E-state index contributed by atoms with van der Waals surface area (Å²) in [6, 6.07) is 16.5. The van der Waals surface area contributed by atoms with E-state index in [0.717, 1.165) is 24.0 Å². The number of amides is 1. The van der Waals surface area contributed by atoms with Gasteiger partial charge in [0.15, 0.2) is 0 Å². The van der Waals surface area contributed by atoms with Gasteiger partial charge in [-0.15, -0.1) is 0 Å². The second kappa shape index (κ2) is 13.9. The van der Waals surface area contributed by atoms with Gasteiger partial charge >= 0.3 is 5.97 Å². The standard InChI is InChI=1S/C25H30N2O3/c1-2-3-4-5-6-10-13-24(28)27-26-20-22-14-17-23(18-15-22)30-25(29)19-16-21-11-8-7-9-12-21/h7-9,11-12,14-20H,2-6,10,13H2,1H3,(H,27,28)/b19-16+,26-20+. The summed E-state index contributed by atoms with van der Waals surface area (Å²) in [5.74, 6) is -0.0679. The molecule has 1 N–H and O–H groups in total. The molecule has 0 heterocycles. The van der Waals surface area contributed by atoms with E-state index in [4.69, 9.17) is 4.74 Å². The summed E-state index contributed by atoms with van der Waals surface area (Å²) in [7, 11) is 0. The van der Waals surface area contributed by atoms with Crippen molar-refractivity contribution in [2.75, 3.05) is 0 Å². The highest BCUT2D eigenvalue weighted by molar-refractivity contribution is 5.89. The molecule has 0 saturated heterocycles. The Labute approximate surface area is 178 Å². The minimum Gasteiger partial charge on any atom is -0.423 e. The first-order chi connectivity index (χ1) is 14.7. The first kappa shape index (κ1) is 23.1. The van der Waals surface area contributed by atoms with Crippen molar-refractivity contribution < 1.29 is 14.3 Å². The molecule has 5 heteroatoms. The number of benzene rings is 2. The highest BCUT2D eigenvalue weighted by Crippen LogP contribution is 2.12. The number of rotatable bonds is 12. The maximum absolute atomic E-state index is 11.9. The lowest BCUT2D eigenvalue weighted by Gasteiger charge is -2.02. The monoisotopic (exact) mass is 406 g/mol. The molecule has 0 unspecified atom stereocenters. The van der Waals surface area contributed by atoms with Crippen LogP contribution in [0.2, 0.25) is 0 Å². The molecule has 2 rings (SSSR count). The Hall–Kier alpha value is -3.21. The molecule has 0 bridgehead atoms. The average Bonchev–Trinajstić information content (AvgIpc) is 2.77. The van der Waals surface area contributed by atoms with Gasteiger partial charge in [0.25, 0.3) is 0 Å². The number of hydrazone groups is 1. The maximum atomic E-state index is 11.9. The lowest BCUT2D eigenvalue weighted by atomic mass is 10.1. The Bertz CT molecular complexity index is 827. The SMILES string of the molecule is CCCCCCCCC(=O)N/N=C/c1ccc(OC(=O)/C=C/c2ccccc2)cc1. The Morgan fingerprint density at radius 3 is 2.33 bits per heavy atom. The molecule has 5 nitrogen and oxygen atoms in total. The van der Waals surface area contributed by atoms with Crippen LogP contribution in [-0.2, 0) is 9.59 Å². The Balaban J connectivity index is 1.69. The van der Waals surface area contributed by atoms with Gasteiger partial charge in [-0.3, -0.25) is 4.79 Å². The second-order valence-corrected chi connectivity index (χ2v) is 7.05. The molecule has 0 aliphatic heterocycles. The first-order valence-electron chi connectivity index (χ1n) is 10.5. The Morgan fingerprint density at radius 2 is 1.60 bits per heavy atom. The van der Waals surface area contributed by atoms with Crippen molar-refractivity contribution in [3.8, 4) is 5.75 Å². The van der Waals surface area contributed by atoms with Crippen LogP contribution < -0.4 is 10.2 Å². The molecule has 158 valence electrons. The molecule has 30 heavy (non-hydrogen) atoms. The van der Waals surface area contributed by atoms with Crippen molar-refractivity contribution in [2.45, 2.75) is 51.9 Å². The Kier molecular flexibility index (Phi) is 10.7. The van der Waals surface area contributed by atoms with Crippen LogP contribution in [0.5, 0.6) is 5.75 Å². The van der Waals surface area contributed by atoms with E-state index in [0.29, 0.717) is 12.2 Å². The molecule has 0 aliphatic carbocycles. The predicted molar refractivity (Wildman–Crippen MR) is 121 cm³/mol. The van der Waals surface area contributed by atoms with E-state index in [1.54, 1.807) is 36.6 Å². The zero-order valence-electron chi connectivity index (χ0n) is 17.5. The third-order valence-electron chi connectivity index (χ3n) is 4.47. The van der Waals surface area contributed by atoms with Gasteiger partial charge in [0.1, 0.15) is 5.75 Å². The van der Waals surface area contributed by atoms with Crippen molar-refractivity contribution in [1.82, 2.24) is 5.43 Å². The smallest absolute Gasteiger partial charge is 0.336 e. The summed E-state index contributed by atoms with van der Waals surface area (Å²) in [6.07, 6.45) is 12.1. The summed E-state index contributed by atoms with van der Waals surface area (Å²) in [5.41, 5.74) is 4.28. The zero-order chi connectivity index (χ0) is 21.4. The number of unbranched alkanes of at least 4 members (excludes halogenated alkanes) is 5. The number of ether oxygens (including phenoxy) is 1. The average molecular weight is 407 g/mol. The maximum Gasteiger partial charge on any atom is 0.336 e. The van der Waals surface area contributed by atoms with E-state index in [2.05, 4.69) is 17.5 Å². The second-order valence-electron chi connectivity index (χ2n) is 7.05. The summed E-state index contributed by atoms with van der Waals surface area (Å²) in [4.78, 5) is 23.7. The fourth-order valence-electron chi connectivity index (χ4n) is 2.80. The van der Waals surface area contributed by atoms with E-state index >= 15 is 0 Å². The molecule has 0 aromatic heterocycles. The highest BCUT2D eigenvalue weighted by Gasteiger charge is 2.01. The molecular formula is C25H30N2O3. The van der Waals surface area contributed by atoms with Crippen LogP contribution in [0.25, 0.3) is 6.08 Å². The fraction of sp³-hybridized carbons (Fsp3) is 0.320. The van der Waals surface area contributed by atoms with Crippen molar-refractivity contribution in [3.05, 3.63) is 71.8 Å². The predicted octanol–water partition coefficient (Wildman–Crippen LogP) is 5.51. The van der Waals surface area contributed by atoms with Gasteiger partial charge in [0.05, 0.1) is 6.21 Å². The number of hydrogen-bond acceptors (Lipinski definition) is 4. The Morgan fingerprint density at radius 1 is 0.900 bits per heavy atom. The van der Waals surface area contributed by atoms with Crippen LogP contribution in [0.15, 0.2) is 65.8 Å². The lowest BCUT2D eigenvalue weighted by Crippen LogP contribution is -2.16. The van der Waals surface area contributed by atoms with Crippen molar-refractivity contribution in [3.63, 3.8) is 0 Å². The van der Waals surface area contributed by atoms with Crippen molar-refractivity contribution >= 4 is 24.2 Å². The molecule has 0 spiro atoms. The van der Waals surface area contributed by atoms with E-state index < -0.39 is 5.97 Å². The van der Waals surface area contributed by atoms with Gasteiger partial charge in [-0.25, -0.2) is 10.2 Å². The van der Waals surface area contributed by atoms with Crippen LogP contribution in [0.3, 0.4) is 0 Å². The van der Waals surface area contributed by atoms with Gasteiger partial charge in [0.2, 0.25) is 5.91 Å². The van der Waals surface area contributed by atoms with E-state index in [-0.39, 0.29) is 5.91 Å². The molecule has 2 aromatic rings. The van der Waals surface area contributed by atoms with Crippen LogP contribution in [0, 0.1) is 0 Å². The summed E-state index contributed by atoms with van der Waals surface area (Å²) in [5, 5.41) is 3.98. The minimum absolute atomic E-state index is 0.0718. The summed E-state index contributed by atoms with van der Waals surface area (Å²) in [6.45, 7) is 2.19. The lowest BCUT2D eigenvalue weighted by molar-refractivity contribution is -0.129. The highest BCUT2D eigenvalue weighted by atomic mass is 16.5. The number of nitrogens with one attached hydrogen (secondary N) is 1. The van der Waals surface area contributed by atoms with Gasteiger partial charge < -0.3 is 4.74 Å². The number of hydrogen-bond donors (Lipinski definition) is 1. The number of esters is 1. The van der Waals surface area contributed by atoms with E-state index in [9.17, 15) is 9.59 Å². The number of carbonyl (C=O) groups is 2. The van der Waals surface area contributed by atoms with Crippen LogP contribution in [0.1, 0.15) is 63.0 Å². The van der Waals surface area contributed by atoms with Crippen LogP contribution in [0.4, 0.5) is 0 Å². The summed E-state index contributed by atoms with van der Waals surface area (Å²) < 4.78 is 5.27. The fourth-order valence-corrected chi connectivity index (χ4v) is 2.80. The largest absolute Gasteiger partial charge is 0.423 e. The molecule has 1 amide bonds. The minimum atomic E-state index is -0.442. The van der Waals surface area contributed by atoms with Crippen LogP contribution in [-0.4, -0.2) is 18.1 Å². The zero-order valence-corrected chi connectivity index (χ0v) is 17.5. The molecule has 0 aliphatic rings. The van der Waals surface area contributed by atoms with Crippen LogP contribution >= 0.6 is 0 Å². The molecule has 0 saturated carbocycles. The van der Waals surface area contributed by atoms with Crippen molar-refractivity contribution in [1.29, 1.82) is 0 Å². The topological polar surface area (TPSA) is 67.8 Å². The quantitative estimate of drug-likeness (QED) is 0.126. The number of carbonyl (C=O) groups excluding carboxylic acids is 2. The van der Waals surface area contributed by atoms with Gasteiger partial charge in [-0.05, 0) is 47.9 Å². The van der Waals surface area contributed by atoms with Gasteiger partial charge in [0, 0.05) is 12.5 Å². The number of nitrogens with zero attached hydrogens (tertiary/aromatic N) is 1. The van der Waals surface area contributed by atoms with Gasteiger partial charge in [-0.2, -0.15) is 5.10 Å². The third-order valence-corrected chi connectivity index (χ3v) is 4.47. The molecule has 0 fully saturated rings. The first-order valence-corrected chi connectivity index (χ1v) is 10.5. The van der Waals surface area contributed by atoms with Gasteiger partial charge in [-0.1, -0.05) is 69.4 Å². The van der Waals surface area contributed by atoms with E-state index in [1.165, 1.54) is 31.8 Å². The van der Waals surface area contributed by atoms with Crippen molar-refractivity contribution in [2.24, 2.45) is 5.10 Å². The normalized spacial score (nSPS) is 11.1. The molecule has 0 radical (unpaired) electrons. The molecular weight excluding hydrogens is 376 g/mol. The summed E-state index contributed by atoms with van der Waals surface area (Å²) >= 11 is 0. The third kappa shape index (κ3) is 9.82. The molecule has 0 atom stereocenters.